The van der Waals surface area contributed by atoms with Gasteiger partial charge in [0.25, 0.3) is 6.02 Å². The number of aliphatic imine (C=N–C) groups is 1. The molecule has 1 aromatic rings. The van der Waals surface area contributed by atoms with Gasteiger partial charge in [0.15, 0.2) is 0 Å². The molecule has 1 rings (SSSR count). The minimum absolute atomic E-state index is 0.130. The molecule has 0 aliphatic rings. The smallest absolute Gasteiger partial charge is 0.429 e. The van der Waals surface area contributed by atoms with E-state index < -0.39 is 6.16 Å². The first-order valence-corrected chi connectivity index (χ1v) is 5.39. The Morgan fingerprint density at radius 1 is 1.33 bits per heavy atom. The van der Waals surface area contributed by atoms with E-state index in [4.69, 9.17) is 15.2 Å². The molecule has 0 radical (unpaired) electrons. The molecule has 0 spiro atoms. The fourth-order valence-corrected chi connectivity index (χ4v) is 1.11. The van der Waals surface area contributed by atoms with Crippen LogP contribution >= 0.6 is 0 Å². The van der Waals surface area contributed by atoms with Crippen LogP contribution in [0, 0.1) is 0 Å². The van der Waals surface area contributed by atoms with E-state index in [2.05, 4.69) is 9.73 Å². The number of nitrogens with zero attached hydrogens (tertiary/aromatic N) is 1. The molecule has 0 aliphatic heterocycles. The lowest BCUT2D eigenvalue weighted by Gasteiger charge is -2.05. The van der Waals surface area contributed by atoms with Gasteiger partial charge in [-0.05, 0) is 5.56 Å². The number of methoxy groups -OCH3 is 1. The van der Waals surface area contributed by atoms with Crippen molar-refractivity contribution in [3.05, 3.63) is 35.9 Å². The van der Waals surface area contributed by atoms with E-state index in [1.807, 2.05) is 30.3 Å². The molecular weight excluding hydrogens is 236 g/mol. The number of nitrogens with two attached hydrogens (primary N) is 1. The van der Waals surface area contributed by atoms with Gasteiger partial charge < -0.3 is 19.9 Å². The number of hydrogen-bond acceptors (Lipinski definition) is 5. The molecule has 0 saturated carbocycles. The van der Waals surface area contributed by atoms with Crippen molar-refractivity contribution in [3.63, 3.8) is 0 Å². The number of hydrogen-bond donors (Lipinski definition) is 1. The Kier molecular flexibility index (Phi) is 6.27. The van der Waals surface area contributed by atoms with Crippen molar-refractivity contribution in [2.45, 2.75) is 6.61 Å². The fraction of sp³-hybridized carbons (Fsp3) is 0.333. The standard InChI is InChI=1S/C12H16N2O4/c1-16-8-7-14-11(13)18-12(15)17-9-10-5-3-2-4-6-10/h2-6H,7-9H2,1H3,(H2,13,14). The highest BCUT2D eigenvalue weighted by atomic mass is 16.7. The third-order valence-corrected chi connectivity index (χ3v) is 1.95. The summed E-state index contributed by atoms with van der Waals surface area (Å²) in [5, 5.41) is 0. The van der Waals surface area contributed by atoms with E-state index in [1.165, 1.54) is 0 Å². The molecule has 0 saturated heterocycles. The summed E-state index contributed by atoms with van der Waals surface area (Å²) in [5.41, 5.74) is 6.22. The topological polar surface area (TPSA) is 83.1 Å². The highest BCUT2D eigenvalue weighted by Gasteiger charge is 2.06. The van der Waals surface area contributed by atoms with Crippen LogP contribution in [-0.4, -0.2) is 32.4 Å². The fourth-order valence-electron chi connectivity index (χ4n) is 1.11. The third kappa shape index (κ3) is 5.86. The van der Waals surface area contributed by atoms with E-state index >= 15 is 0 Å². The Hall–Kier alpha value is -2.08. The summed E-state index contributed by atoms with van der Waals surface area (Å²) in [6, 6.07) is 9.02. The monoisotopic (exact) mass is 252 g/mol. The van der Waals surface area contributed by atoms with Gasteiger partial charge in [0.2, 0.25) is 0 Å². The SMILES string of the molecule is COCCN=C(N)OC(=O)OCc1ccccc1. The minimum Gasteiger partial charge on any atom is -0.429 e. The van der Waals surface area contributed by atoms with Gasteiger partial charge >= 0.3 is 6.16 Å². The molecule has 0 atom stereocenters. The zero-order chi connectivity index (χ0) is 13.2. The molecule has 0 aliphatic carbocycles. The van der Waals surface area contributed by atoms with Gasteiger partial charge in [0.1, 0.15) is 6.61 Å². The van der Waals surface area contributed by atoms with E-state index in [1.54, 1.807) is 7.11 Å². The lowest BCUT2D eigenvalue weighted by Crippen LogP contribution is -2.22. The molecule has 0 amide bonds. The first-order chi connectivity index (χ1) is 8.72. The lowest BCUT2D eigenvalue weighted by atomic mass is 10.2. The Labute approximate surface area is 105 Å². The summed E-state index contributed by atoms with van der Waals surface area (Å²) in [6.45, 7) is 0.864. The zero-order valence-corrected chi connectivity index (χ0v) is 10.2. The van der Waals surface area contributed by atoms with Crippen molar-refractivity contribution < 1.29 is 19.0 Å². The molecule has 2 N–H and O–H groups in total. The highest BCUT2D eigenvalue weighted by Crippen LogP contribution is 2.01. The second kappa shape index (κ2) is 8.08. The molecule has 98 valence electrons. The van der Waals surface area contributed by atoms with Crippen molar-refractivity contribution in [2.75, 3.05) is 20.3 Å². The van der Waals surface area contributed by atoms with Crippen LogP contribution in [-0.2, 0) is 20.8 Å². The van der Waals surface area contributed by atoms with Crippen LogP contribution in [0.4, 0.5) is 4.79 Å². The van der Waals surface area contributed by atoms with Gasteiger partial charge in [-0.1, -0.05) is 30.3 Å². The van der Waals surface area contributed by atoms with Crippen LogP contribution in [0.3, 0.4) is 0 Å². The number of amidine groups is 1. The number of rotatable bonds is 5. The van der Waals surface area contributed by atoms with Gasteiger partial charge in [0.05, 0.1) is 13.2 Å². The largest absolute Gasteiger partial charge is 0.516 e. The van der Waals surface area contributed by atoms with Gasteiger partial charge in [-0.25, -0.2) is 9.79 Å². The molecular formula is C12H16N2O4. The lowest BCUT2D eigenvalue weighted by molar-refractivity contribution is 0.0883. The summed E-state index contributed by atoms with van der Waals surface area (Å²) in [5.74, 6) is 0. The number of carbonyl (C=O) groups is 1. The second-order valence-electron chi connectivity index (χ2n) is 3.34. The number of benzene rings is 1. The van der Waals surface area contributed by atoms with Crippen molar-refractivity contribution >= 4 is 12.2 Å². The van der Waals surface area contributed by atoms with Crippen LogP contribution in [0.5, 0.6) is 0 Å². The predicted octanol–water partition coefficient (Wildman–Crippen LogP) is 1.30. The average Bonchev–Trinajstić information content (AvgIpc) is 2.38. The van der Waals surface area contributed by atoms with Crippen LogP contribution in [0.1, 0.15) is 5.56 Å². The zero-order valence-electron chi connectivity index (χ0n) is 10.2. The Bertz CT molecular complexity index is 392. The van der Waals surface area contributed by atoms with Crippen molar-refractivity contribution in [2.24, 2.45) is 10.7 Å². The first-order valence-electron chi connectivity index (χ1n) is 5.39. The molecule has 0 unspecified atom stereocenters. The Balaban J connectivity index is 2.27. The summed E-state index contributed by atoms with van der Waals surface area (Å²) in [6.07, 6.45) is -0.877. The molecule has 0 bridgehead atoms. The van der Waals surface area contributed by atoms with Crippen LogP contribution in [0.15, 0.2) is 35.3 Å². The average molecular weight is 252 g/mol. The molecule has 1 aromatic carbocycles. The second-order valence-corrected chi connectivity index (χ2v) is 3.34. The molecule has 18 heavy (non-hydrogen) atoms. The molecule has 6 heteroatoms. The number of ether oxygens (including phenoxy) is 3. The van der Waals surface area contributed by atoms with Gasteiger partial charge in [-0.2, -0.15) is 0 Å². The van der Waals surface area contributed by atoms with Gasteiger partial charge in [-0.3, -0.25) is 0 Å². The van der Waals surface area contributed by atoms with Gasteiger partial charge in [0, 0.05) is 7.11 Å². The summed E-state index contributed by atoms with van der Waals surface area (Å²) in [4.78, 5) is 15.0. The third-order valence-electron chi connectivity index (χ3n) is 1.95. The first kappa shape index (κ1) is 14.0. The molecule has 0 aromatic heterocycles. The maximum atomic E-state index is 11.2. The minimum atomic E-state index is -0.877. The van der Waals surface area contributed by atoms with Crippen LogP contribution in [0.2, 0.25) is 0 Å². The summed E-state index contributed by atoms with van der Waals surface area (Å²) < 4.78 is 14.2. The maximum Gasteiger partial charge on any atom is 0.516 e. The number of carbonyl (C=O) groups excluding carboxylic acids is 1. The molecule has 0 fully saturated rings. The van der Waals surface area contributed by atoms with Crippen molar-refractivity contribution in [3.8, 4) is 0 Å². The summed E-state index contributed by atoms with van der Waals surface area (Å²) >= 11 is 0. The van der Waals surface area contributed by atoms with Gasteiger partial charge in [-0.15, -0.1) is 0 Å². The van der Waals surface area contributed by atoms with Crippen LogP contribution < -0.4 is 5.73 Å². The Morgan fingerprint density at radius 2 is 2.06 bits per heavy atom. The molecule has 6 nitrogen and oxygen atoms in total. The van der Waals surface area contributed by atoms with E-state index in [0.29, 0.717) is 13.2 Å². The maximum absolute atomic E-state index is 11.2. The van der Waals surface area contributed by atoms with E-state index in [-0.39, 0.29) is 12.6 Å². The normalized spacial score (nSPS) is 11.1. The van der Waals surface area contributed by atoms with Crippen molar-refractivity contribution in [1.29, 1.82) is 0 Å². The van der Waals surface area contributed by atoms with Crippen molar-refractivity contribution in [1.82, 2.24) is 0 Å². The molecule has 0 heterocycles. The Morgan fingerprint density at radius 3 is 2.72 bits per heavy atom. The van der Waals surface area contributed by atoms with Crippen LogP contribution in [0.25, 0.3) is 0 Å². The summed E-state index contributed by atoms with van der Waals surface area (Å²) in [7, 11) is 1.54. The predicted molar refractivity (Wildman–Crippen MR) is 66.1 cm³/mol. The van der Waals surface area contributed by atoms with E-state index in [9.17, 15) is 4.79 Å². The highest BCUT2D eigenvalue weighted by molar-refractivity contribution is 5.82. The van der Waals surface area contributed by atoms with E-state index in [0.717, 1.165) is 5.56 Å². The quantitative estimate of drug-likeness (QED) is 0.369.